The van der Waals surface area contributed by atoms with Crippen LogP contribution in [0.2, 0.25) is 0 Å². The molecule has 0 radical (unpaired) electrons. The number of piperidine rings is 1. The molecule has 1 aromatic heterocycles. The molecule has 5 aromatic rings. The van der Waals surface area contributed by atoms with Gasteiger partial charge in [-0.1, -0.05) is 42.5 Å². The molecule has 1 aliphatic heterocycles. The Hall–Kier alpha value is -4.88. The van der Waals surface area contributed by atoms with Gasteiger partial charge in [0.2, 0.25) is 0 Å². The summed E-state index contributed by atoms with van der Waals surface area (Å²) in [6, 6.07) is 25.8. The molecule has 1 amide bonds. The molecule has 0 saturated carbocycles. The molecular weight excluding hydrogens is 674 g/mol. The van der Waals surface area contributed by atoms with Crippen LogP contribution in [0.3, 0.4) is 0 Å². The largest absolute Gasteiger partial charge is 0.522 e. The van der Waals surface area contributed by atoms with E-state index in [1.165, 1.54) is 12.1 Å². The fraction of sp³-hybridized carbons (Fsp3) is 0.316. The van der Waals surface area contributed by atoms with Crippen LogP contribution in [-0.2, 0) is 17.5 Å². The number of halogens is 6. The molecule has 7 nitrogen and oxygen atoms in total. The lowest BCUT2D eigenvalue weighted by atomic mass is 9.91. The Morgan fingerprint density at radius 1 is 0.863 bits per heavy atom. The van der Waals surface area contributed by atoms with Gasteiger partial charge < -0.3 is 10.1 Å². The Kier molecular flexibility index (Phi) is 10.7. The Bertz CT molecular complexity index is 1920. The molecule has 1 atom stereocenters. The number of carbonyl (C=O) groups excluding carboxylic acids is 1. The monoisotopic (exact) mass is 710 g/mol. The highest BCUT2D eigenvalue weighted by atomic mass is 19.4. The van der Waals surface area contributed by atoms with Crippen LogP contribution in [0.15, 0.2) is 97.2 Å². The van der Waals surface area contributed by atoms with Crippen molar-refractivity contribution in [2.45, 2.75) is 44.9 Å². The molecule has 2 heterocycles. The molecule has 51 heavy (non-hydrogen) atoms. The minimum absolute atomic E-state index is 0.00759. The van der Waals surface area contributed by atoms with Gasteiger partial charge in [-0.05, 0) is 104 Å². The first-order chi connectivity index (χ1) is 24.3. The number of nitrogens with one attached hydrogen (secondary N) is 1. The van der Waals surface area contributed by atoms with Crippen LogP contribution in [0.4, 0.5) is 26.3 Å². The number of nitrogens with zero attached hydrogens (tertiary/aromatic N) is 3. The molecule has 6 rings (SSSR count). The summed E-state index contributed by atoms with van der Waals surface area (Å²) in [4.78, 5) is 15.1. The van der Waals surface area contributed by atoms with Crippen LogP contribution in [-0.4, -0.2) is 53.2 Å². The lowest BCUT2D eigenvalue weighted by Gasteiger charge is -2.38. The number of hydrogen-bond donors (Lipinski definition) is 1. The van der Waals surface area contributed by atoms with Gasteiger partial charge in [-0.2, -0.15) is 18.3 Å². The van der Waals surface area contributed by atoms with Gasteiger partial charge >= 0.3 is 12.5 Å². The molecule has 4 aromatic carbocycles. The van der Waals surface area contributed by atoms with E-state index in [4.69, 9.17) is 9.84 Å². The van der Waals surface area contributed by atoms with Crippen molar-refractivity contribution in [2.24, 2.45) is 5.92 Å². The molecule has 268 valence electrons. The third kappa shape index (κ3) is 9.08. The van der Waals surface area contributed by atoms with Crippen LogP contribution in [0, 0.1) is 12.8 Å². The smallest absolute Gasteiger partial charge is 0.457 e. The number of amides is 1. The zero-order chi connectivity index (χ0) is 36.2. The number of hydrogen-bond acceptors (Lipinski definition) is 5. The SMILES string of the molecule is Cc1c(C(=O)NCCOC(F)(F)F)ccc2nn(CC3CCN(C(c4ccccc4)c4ccc(Oc5ccc(C(F)(F)F)cc5)cc4)CC3)cc12. The Morgan fingerprint density at radius 2 is 1.49 bits per heavy atom. The Morgan fingerprint density at radius 3 is 2.12 bits per heavy atom. The maximum atomic E-state index is 12.9. The minimum Gasteiger partial charge on any atom is -0.457 e. The normalized spacial score (nSPS) is 15.2. The summed E-state index contributed by atoms with van der Waals surface area (Å²) in [5.41, 5.74) is 3.29. The van der Waals surface area contributed by atoms with Crippen molar-refractivity contribution < 1.29 is 40.6 Å². The maximum Gasteiger partial charge on any atom is 0.522 e. The molecule has 1 saturated heterocycles. The molecule has 1 aliphatic rings. The van der Waals surface area contributed by atoms with Gasteiger partial charge in [0.1, 0.15) is 11.5 Å². The number of fused-ring (bicyclic) bond motifs is 1. The van der Waals surface area contributed by atoms with E-state index in [0.29, 0.717) is 35.1 Å². The summed E-state index contributed by atoms with van der Waals surface area (Å²) >= 11 is 0. The highest BCUT2D eigenvalue weighted by Crippen LogP contribution is 2.35. The standard InChI is InChI=1S/C38H36F6N4O3/c1-25-32(36(49)45-19-22-50-38(42,43)44)15-16-34-33(25)24-48(46-34)23-26-17-20-47(21-18-26)35(27-5-3-2-4-6-27)28-7-11-30(12-8-28)51-31-13-9-29(10-14-31)37(39,40)41/h2-16,24,26,35H,17-23H2,1H3,(H,45,49). The zero-order valence-electron chi connectivity index (χ0n) is 27.7. The molecule has 13 heteroatoms. The highest BCUT2D eigenvalue weighted by molar-refractivity contribution is 6.00. The van der Waals surface area contributed by atoms with E-state index in [0.717, 1.165) is 60.1 Å². The van der Waals surface area contributed by atoms with Crippen molar-refractivity contribution in [3.63, 3.8) is 0 Å². The van der Waals surface area contributed by atoms with Crippen LogP contribution in [0.25, 0.3) is 10.9 Å². The van der Waals surface area contributed by atoms with Crippen molar-refractivity contribution in [3.05, 3.63) is 125 Å². The Balaban J connectivity index is 1.09. The van der Waals surface area contributed by atoms with E-state index in [-0.39, 0.29) is 12.6 Å². The second kappa shape index (κ2) is 15.2. The summed E-state index contributed by atoms with van der Waals surface area (Å²) < 4.78 is 87.0. The van der Waals surface area contributed by atoms with Gasteiger partial charge in [0, 0.05) is 30.2 Å². The lowest BCUT2D eigenvalue weighted by Crippen LogP contribution is -2.38. The van der Waals surface area contributed by atoms with Crippen molar-refractivity contribution in [2.75, 3.05) is 26.2 Å². The average molecular weight is 711 g/mol. The number of ether oxygens (including phenoxy) is 2. The van der Waals surface area contributed by atoms with Crippen molar-refractivity contribution in [1.29, 1.82) is 0 Å². The zero-order valence-corrected chi connectivity index (χ0v) is 27.7. The molecule has 1 fully saturated rings. The van der Waals surface area contributed by atoms with Crippen molar-refractivity contribution in [3.8, 4) is 11.5 Å². The van der Waals surface area contributed by atoms with E-state index in [2.05, 4.69) is 27.1 Å². The van der Waals surface area contributed by atoms with E-state index in [1.807, 2.05) is 53.3 Å². The number of carbonyl (C=O) groups is 1. The first-order valence-corrected chi connectivity index (χ1v) is 16.5. The summed E-state index contributed by atoms with van der Waals surface area (Å²) in [5, 5.41) is 8.02. The predicted octanol–water partition coefficient (Wildman–Crippen LogP) is 8.92. The molecular formula is C38H36F6N4O3. The molecule has 0 aliphatic carbocycles. The van der Waals surface area contributed by atoms with Crippen LogP contribution in [0.5, 0.6) is 11.5 Å². The topological polar surface area (TPSA) is 68.6 Å². The third-order valence-electron chi connectivity index (χ3n) is 9.09. The second-order valence-electron chi connectivity index (χ2n) is 12.6. The molecule has 1 N–H and O–H groups in total. The van der Waals surface area contributed by atoms with Gasteiger partial charge in [-0.15, -0.1) is 13.2 Å². The Labute approximate surface area is 290 Å². The lowest BCUT2D eigenvalue weighted by molar-refractivity contribution is -0.323. The number of aryl methyl sites for hydroxylation is 1. The third-order valence-corrected chi connectivity index (χ3v) is 9.09. The van der Waals surface area contributed by atoms with Gasteiger partial charge in [-0.3, -0.25) is 19.1 Å². The molecule has 0 bridgehead atoms. The van der Waals surface area contributed by atoms with E-state index < -0.39 is 30.6 Å². The van der Waals surface area contributed by atoms with E-state index >= 15 is 0 Å². The first kappa shape index (κ1) is 35.9. The van der Waals surface area contributed by atoms with E-state index in [9.17, 15) is 31.1 Å². The molecule has 1 unspecified atom stereocenters. The van der Waals surface area contributed by atoms with E-state index in [1.54, 1.807) is 19.1 Å². The van der Waals surface area contributed by atoms with Crippen LogP contribution >= 0.6 is 0 Å². The summed E-state index contributed by atoms with van der Waals surface area (Å²) in [6.07, 6.45) is -5.38. The fourth-order valence-electron chi connectivity index (χ4n) is 6.52. The highest BCUT2D eigenvalue weighted by Gasteiger charge is 2.31. The number of likely N-dealkylation sites (tertiary alicyclic amines) is 1. The minimum atomic E-state index is -4.75. The predicted molar refractivity (Wildman–Crippen MR) is 179 cm³/mol. The van der Waals surface area contributed by atoms with Crippen LogP contribution < -0.4 is 10.1 Å². The maximum absolute atomic E-state index is 12.9. The summed E-state index contributed by atoms with van der Waals surface area (Å²) in [7, 11) is 0. The second-order valence-corrected chi connectivity index (χ2v) is 12.6. The average Bonchev–Trinajstić information content (AvgIpc) is 3.52. The van der Waals surface area contributed by atoms with Gasteiger partial charge in [0.15, 0.2) is 0 Å². The fourth-order valence-corrected chi connectivity index (χ4v) is 6.52. The van der Waals surface area contributed by atoms with Gasteiger partial charge in [0.25, 0.3) is 5.91 Å². The van der Waals surface area contributed by atoms with Gasteiger partial charge in [0.05, 0.1) is 23.7 Å². The number of alkyl halides is 6. The summed E-state index contributed by atoms with van der Waals surface area (Å²) in [6.45, 7) is 3.24. The van der Waals surface area contributed by atoms with Crippen molar-refractivity contribution in [1.82, 2.24) is 20.0 Å². The van der Waals surface area contributed by atoms with Crippen molar-refractivity contribution >= 4 is 16.8 Å². The number of rotatable bonds is 11. The summed E-state index contributed by atoms with van der Waals surface area (Å²) in [5.74, 6) is 0.726. The van der Waals surface area contributed by atoms with Crippen LogP contribution in [0.1, 0.15) is 51.5 Å². The number of benzene rings is 4. The van der Waals surface area contributed by atoms with Gasteiger partial charge in [-0.25, -0.2) is 0 Å². The number of aromatic nitrogens is 2. The molecule has 0 spiro atoms. The first-order valence-electron chi connectivity index (χ1n) is 16.5. The quantitative estimate of drug-likeness (QED) is 0.110.